The number of carbonyl (C=O) groups is 1. The molecule has 0 spiro atoms. The number of benzene rings is 1. The Balaban J connectivity index is 1.77. The number of rotatable bonds is 5. The van der Waals surface area contributed by atoms with Gasteiger partial charge in [-0.1, -0.05) is 22.9 Å². The maximum Gasteiger partial charge on any atom is 0.322 e. The molecule has 1 unspecified atom stereocenters. The van der Waals surface area contributed by atoms with E-state index in [4.69, 9.17) is 21.1 Å². The van der Waals surface area contributed by atoms with Crippen molar-refractivity contribution in [2.75, 3.05) is 13.7 Å². The molecule has 2 aromatic rings. The zero-order valence-corrected chi connectivity index (χ0v) is 18.8. The second kappa shape index (κ2) is 8.11. The SMILES string of the molecule is COc1ccc(Cl)cc1C(=O)/N=c1\sc(C2(C)CC(F)(F)C2(F)F)nn1C[C@H]1CCCO1. The highest BCUT2D eigenvalue weighted by molar-refractivity contribution is 7.09. The van der Waals surface area contributed by atoms with Crippen molar-refractivity contribution in [2.45, 2.75) is 56.1 Å². The Kier molecular flexibility index (Phi) is 5.87. The van der Waals surface area contributed by atoms with Gasteiger partial charge >= 0.3 is 11.8 Å². The second-order valence-electron chi connectivity index (χ2n) is 8.06. The topological polar surface area (TPSA) is 65.7 Å². The molecular weight excluding hydrogens is 474 g/mol. The largest absolute Gasteiger partial charge is 0.496 e. The van der Waals surface area contributed by atoms with Gasteiger partial charge in [0.2, 0.25) is 4.80 Å². The molecule has 2 fully saturated rings. The van der Waals surface area contributed by atoms with E-state index in [0.717, 1.165) is 19.8 Å². The second-order valence-corrected chi connectivity index (χ2v) is 9.45. The van der Waals surface area contributed by atoms with Crippen LogP contribution < -0.4 is 9.54 Å². The van der Waals surface area contributed by atoms with Crippen LogP contribution in [0.25, 0.3) is 0 Å². The molecular formula is C20H20ClF4N3O3S. The molecule has 1 saturated heterocycles. The lowest BCUT2D eigenvalue weighted by atomic mass is 9.64. The third-order valence-corrected chi connectivity index (χ3v) is 7.26. The lowest BCUT2D eigenvalue weighted by Gasteiger charge is -2.50. The Morgan fingerprint density at radius 2 is 2.16 bits per heavy atom. The van der Waals surface area contributed by atoms with Crippen LogP contribution in [0.3, 0.4) is 0 Å². The standard InChI is InChI=1S/C20H20ClF4N3O3S/c1-18(10-19(22,23)20(18,24)25)16-27-28(9-12-4-3-7-31-12)17(32-16)26-15(29)13-8-11(21)5-6-14(13)30-2/h5-6,8,12H,3-4,7,9-10H2,1-2H3/b26-17-/t12-,18?/m1/s1. The monoisotopic (exact) mass is 493 g/mol. The fraction of sp³-hybridized carbons (Fsp3) is 0.550. The zero-order chi connectivity index (χ0) is 23.3. The number of alkyl halides is 4. The van der Waals surface area contributed by atoms with E-state index in [1.807, 2.05) is 0 Å². The fourth-order valence-electron chi connectivity index (χ4n) is 3.88. The number of methoxy groups -OCH3 is 1. The predicted octanol–water partition coefficient (Wildman–Crippen LogP) is 4.46. The summed E-state index contributed by atoms with van der Waals surface area (Å²) < 4.78 is 67.8. The predicted molar refractivity (Wildman–Crippen MR) is 109 cm³/mol. The van der Waals surface area contributed by atoms with Crippen molar-refractivity contribution >= 4 is 28.8 Å². The van der Waals surface area contributed by atoms with E-state index in [9.17, 15) is 22.4 Å². The summed E-state index contributed by atoms with van der Waals surface area (Å²) in [4.78, 5) is 16.9. The van der Waals surface area contributed by atoms with Gasteiger partial charge in [-0.15, -0.1) is 0 Å². The molecule has 174 valence electrons. The van der Waals surface area contributed by atoms with Crippen LogP contribution in [-0.2, 0) is 16.7 Å². The summed E-state index contributed by atoms with van der Waals surface area (Å²) in [7, 11) is 1.38. The highest BCUT2D eigenvalue weighted by Gasteiger charge is 2.80. The number of amides is 1. The van der Waals surface area contributed by atoms with Crippen LogP contribution in [0.4, 0.5) is 17.6 Å². The van der Waals surface area contributed by atoms with Gasteiger partial charge in [-0.25, -0.2) is 4.68 Å². The lowest BCUT2D eigenvalue weighted by Crippen LogP contribution is -2.67. The van der Waals surface area contributed by atoms with Gasteiger partial charge in [0.1, 0.15) is 10.8 Å². The van der Waals surface area contributed by atoms with Gasteiger partial charge in [0.05, 0.1) is 30.7 Å². The van der Waals surface area contributed by atoms with Gasteiger partial charge in [-0.05, 0) is 38.0 Å². The third-order valence-electron chi connectivity index (χ3n) is 5.81. The molecule has 32 heavy (non-hydrogen) atoms. The normalized spacial score (nSPS) is 26.7. The number of aromatic nitrogens is 2. The van der Waals surface area contributed by atoms with Gasteiger partial charge in [-0.2, -0.15) is 27.7 Å². The van der Waals surface area contributed by atoms with E-state index < -0.39 is 29.6 Å². The average Bonchev–Trinajstić information content (AvgIpc) is 3.38. The summed E-state index contributed by atoms with van der Waals surface area (Å²) in [6.45, 7) is 1.76. The summed E-state index contributed by atoms with van der Waals surface area (Å²) in [5.74, 6) is -8.88. The van der Waals surface area contributed by atoms with Crippen LogP contribution in [0.5, 0.6) is 5.75 Å². The minimum atomic E-state index is -4.27. The average molecular weight is 494 g/mol. The molecule has 1 amide bonds. The van der Waals surface area contributed by atoms with Crippen LogP contribution in [-0.4, -0.2) is 47.4 Å². The Morgan fingerprint density at radius 1 is 1.41 bits per heavy atom. The molecule has 4 rings (SSSR count). The molecule has 2 heterocycles. The Bertz CT molecular complexity index is 1110. The number of carbonyl (C=O) groups excluding carboxylic acids is 1. The van der Waals surface area contributed by atoms with Gasteiger partial charge in [0.25, 0.3) is 5.91 Å². The number of halogens is 5. The van der Waals surface area contributed by atoms with Crippen LogP contribution in [0.2, 0.25) is 5.02 Å². The van der Waals surface area contributed by atoms with Crippen LogP contribution in [0.15, 0.2) is 23.2 Å². The van der Waals surface area contributed by atoms with Crippen molar-refractivity contribution in [3.63, 3.8) is 0 Å². The molecule has 1 aliphatic carbocycles. The van der Waals surface area contributed by atoms with Crippen molar-refractivity contribution < 1.29 is 31.8 Å². The fourth-order valence-corrected chi connectivity index (χ4v) is 5.14. The van der Waals surface area contributed by atoms with Crippen molar-refractivity contribution in [2.24, 2.45) is 4.99 Å². The summed E-state index contributed by atoms with van der Waals surface area (Å²) in [5.41, 5.74) is -2.09. The molecule has 2 atom stereocenters. The maximum atomic E-state index is 14.3. The van der Waals surface area contributed by atoms with Crippen molar-refractivity contribution in [1.82, 2.24) is 9.78 Å². The Morgan fingerprint density at radius 3 is 2.75 bits per heavy atom. The first-order chi connectivity index (χ1) is 15.0. The van der Waals surface area contributed by atoms with Gasteiger partial charge < -0.3 is 9.47 Å². The Labute approximate surface area is 189 Å². The van der Waals surface area contributed by atoms with Crippen molar-refractivity contribution in [1.29, 1.82) is 0 Å². The highest BCUT2D eigenvalue weighted by atomic mass is 35.5. The van der Waals surface area contributed by atoms with Gasteiger partial charge in [0.15, 0.2) is 0 Å². The first kappa shape index (κ1) is 23.2. The summed E-state index contributed by atoms with van der Waals surface area (Å²) in [6, 6.07) is 4.42. The van der Waals surface area contributed by atoms with Crippen LogP contribution >= 0.6 is 22.9 Å². The maximum absolute atomic E-state index is 14.3. The van der Waals surface area contributed by atoms with E-state index >= 15 is 0 Å². The van der Waals surface area contributed by atoms with Crippen molar-refractivity contribution in [3.8, 4) is 5.75 Å². The minimum absolute atomic E-state index is 0.00905. The lowest BCUT2D eigenvalue weighted by molar-refractivity contribution is -0.323. The number of hydrogen-bond donors (Lipinski definition) is 0. The number of ether oxygens (including phenoxy) is 2. The summed E-state index contributed by atoms with van der Waals surface area (Å²) in [5, 5.41) is 4.24. The molecule has 1 saturated carbocycles. The van der Waals surface area contributed by atoms with E-state index in [0.29, 0.717) is 17.9 Å². The van der Waals surface area contributed by atoms with Gasteiger partial charge in [-0.3, -0.25) is 4.79 Å². The van der Waals surface area contributed by atoms with E-state index in [2.05, 4.69) is 10.1 Å². The molecule has 0 radical (unpaired) electrons. The van der Waals surface area contributed by atoms with Crippen molar-refractivity contribution in [3.05, 3.63) is 38.6 Å². The molecule has 1 aromatic heterocycles. The smallest absolute Gasteiger partial charge is 0.322 e. The highest BCUT2D eigenvalue weighted by Crippen LogP contribution is 2.63. The van der Waals surface area contributed by atoms with Crippen LogP contribution in [0, 0.1) is 0 Å². The molecule has 2 aliphatic rings. The summed E-state index contributed by atoms with van der Waals surface area (Å²) in [6.07, 6.45) is 0.266. The van der Waals surface area contributed by atoms with Gasteiger partial charge in [0, 0.05) is 18.1 Å². The van der Waals surface area contributed by atoms with Crippen LogP contribution in [0.1, 0.15) is 41.6 Å². The molecule has 12 heteroatoms. The quantitative estimate of drug-likeness (QED) is 0.577. The molecule has 6 nitrogen and oxygen atoms in total. The van der Waals surface area contributed by atoms with E-state index in [1.165, 1.54) is 23.9 Å². The first-order valence-electron chi connectivity index (χ1n) is 9.87. The number of hydrogen-bond acceptors (Lipinski definition) is 5. The molecule has 1 aromatic carbocycles. The number of nitrogens with zero attached hydrogens (tertiary/aromatic N) is 3. The van der Waals surface area contributed by atoms with E-state index in [1.54, 1.807) is 6.07 Å². The molecule has 0 N–H and O–H groups in total. The Hall–Kier alpha value is -1.98. The first-order valence-corrected chi connectivity index (χ1v) is 11.1. The molecule has 1 aliphatic heterocycles. The summed E-state index contributed by atoms with van der Waals surface area (Å²) >= 11 is 6.67. The zero-order valence-electron chi connectivity index (χ0n) is 17.2. The van der Waals surface area contributed by atoms with E-state index in [-0.39, 0.29) is 38.8 Å². The minimum Gasteiger partial charge on any atom is -0.496 e. The third kappa shape index (κ3) is 3.73. The molecule has 0 bridgehead atoms.